The molecular weight excluding hydrogens is 112 g/mol. The van der Waals surface area contributed by atoms with Gasteiger partial charge in [0.1, 0.15) is 5.15 Å². The van der Waals surface area contributed by atoms with E-state index in [1.54, 1.807) is 7.05 Å². The van der Waals surface area contributed by atoms with Crippen LogP contribution in [0.25, 0.3) is 0 Å². The van der Waals surface area contributed by atoms with E-state index in [2.05, 4.69) is 5.10 Å². The zero-order valence-corrected chi connectivity index (χ0v) is 4.61. The second kappa shape index (κ2) is 1.54. The van der Waals surface area contributed by atoms with Crippen LogP contribution in [0.1, 0.15) is 1.37 Å². The Morgan fingerprint density at radius 3 is 3.00 bits per heavy atom. The molecule has 1 aromatic rings. The maximum atomic E-state index is 7.03. The molecule has 0 saturated heterocycles. The van der Waals surface area contributed by atoms with Crippen molar-refractivity contribution in [2.45, 2.75) is 0 Å². The number of aryl methyl sites for hydroxylation is 1. The molecule has 0 aliphatic carbocycles. The van der Waals surface area contributed by atoms with Gasteiger partial charge in [-0.15, -0.1) is 0 Å². The van der Waals surface area contributed by atoms with E-state index in [9.17, 15) is 0 Å². The summed E-state index contributed by atoms with van der Waals surface area (Å²) in [6, 6.07) is 0.272. The molecule has 3 heteroatoms. The van der Waals surface area contributed by atoms with Gasteiger partial charge in [0.15, 0.2) is 0 Å². The summed E-state index contributed by atoms with van der Waals surface area (Å²) < 4.78 is 8.47. The number of aromatic nitrogens is 2. The Bertz CT molecular complexity index is 176. The van der Waals surface area contributed by atoms with Crippen LogP contribution in [0.15, 0.2) is 12.2 Å². The van der Waals surface area contributed by atoms with E-state index in [0.717, 1.165) is 0 Å². The van der Waals surface area contributed by atoms with Gasteiger partial charge in [0.05, 0.1) is 7.57 Å². The minimum Gasteiger partial charge on any atom is -0.257 e. The second-order valence-corrected chi connectivity index (χ2v) is 1.56. The highest BCUT2D eigenvalue weighted by Gasteiger charge is 1.86. The summed E-state index contributed by atoms with van der Waals surface area (Å²) in [7, 11) is 1.69. The maximum absolute atomic E-state index is 7.03. The van der Waals surface area contributed by atoms with Gasteiger partial charge in [0.2, 0.25) is 0 Å². The van der Waals surface area contributed by atoms with Crippen LogP contribution in [0, 0.1) is 0 Å². The van der Waals surface area contributed by atoms with E-state index in [1.807, 2.05) is 0 Å². The maximum Gasteiger partial charge on any atom is 0.126 e. The van der Waals surface area contributed by atoms with E-state index >= 15 is 0 Å². The number of hydrogen-bond donors (Lipinski definition) is 0. The smallest absolute Gasteiger partial charge is 0.126 e. The van der Waals surface area contributed by atoms with Gasteiger partial charge >= 0.3 is 0 Å². The third-order valence-corrected chi connectivity index (χ3v) is 1.05. The SMILES string of the molecule is [2H]c1cnn(C)c1Cl. The third kappa shape index (κ3) is 0.747. The van der Waals surface area contributed by atoms with Crippen molar-refractivity contribution in [2.24, 2.45) is 7.05 Å². The normalized spacial score (nSPS) is 11.4. The van der Waals surface area contributed by atoms with Crippen molar-refractivity contribution >= 4 is 11.6 Å². The van der Waals surface area contributed by atoms with Crippen LogP contribution in [0.4, 0.5) is 0 Å². The Hall–Kier alpha value is -0.500. The van der Waals surface area contributed by atoms with Crippen molar-refractivity contribution in [3.05, 3.63) is 17.4 Å². The molecule has 2 nitrogen and oxygen atoms in total. The predicted molar refractivity (Wildman–Crippen MR) is 28.2 cm³/mol. The van der Waals surface area contributed by atoms with Gasteiger partial charge in [0.25, 0.3) is 0 Å². The van der Waals surface area contributed by atoms with E-state index in [4.69, 9.17) is 13.0 Å². The van der Waals surface area contributed by atoms with Crippen molar-refractivity contribution in [3.63, 3.8) is 0 Å². The monoisotopic (exact) mass is 117 g/mol. The molecule has 0 bridgehead atoms. The summed E-state index contributed by atoms with van der Waals surface area (Å²) in [5, 5.41) is 4.09. The predicted octanol–water partition coefficient (Wildman–Crippen LogP) is 1.07. The average Bonchev–Trinajstić information content (AvgIpc) is 1.98. The lowest BCUT2D eigenvalue weighted by Gasteiger charge is -1.84. The molecule has 0 aromatic carbocycles. The highest BCUT2D eigenvalue weighted by molar-refractivity contribution is 6.29. The fourth-order valence-corrected chi connectivity index (χ4v) is 0.405. The van der Waals surface area contributed by atoms with Crippen LogP contribution >= 0.6 is 11.6 Å². The summed E-state index contributed by atoms with van der Waals surface area (Å²) >= 11 is 5.51. The first kappa shape index (κ1) is 3.50. The van der Waals surface area contributed by atoms with Gasteiger partial charge in [0, 0.05) is 7.05 Å². The molecular formula is C4H5ClN2. The fraction of sp³-hybridized carbons (Fsp3) is 0.250. The highest BCUT2D eigenvalue weighted by atomic mass is 35.5. The molecule has 0 spiro atoms. The van der Waals surface area contributed by atoms with Gasteiger partial charge in [-0.25, -0.2) is 0 Å². The average molecular weight is 118 g/mol. The minimum absolute atomic E-state index is 0.272. The molecule has 0 unspecified atom stereocenters. The third-order valence-electron chi connectivity index (χ3n) is 0.699. The zero-order chi connectivity index (χ0) is 6.15. The van der Waals surface area contributed by atoms with Gasteiger partial charge in [-0.3, -0.25) is 4.68 Å². The number of halogens is 1. The first-order chi connectivity index (χ1) is 3.72. The lowest BCUT2D eigenvalue weighted by Crippen LogP contribution is -1.86. The quantitative estimate of drug-likeness (QED) is 0.497. The molecule has 0 radical (unpaired) electrons. The second-order valence-electron chi connectivity index (χ2n) is 1.20. The Kier molecular flexibility index (Phi) is 0.770. The van der Waals surface area contributed by atoms with Gasteiger partial charge in [-0.1, -0.05) is 11.6 Å². The van der Waals surface area contributed by atoms with E-state index in [1.165, 1.54) is 10.9 Å². The Balaban J connectivity index is 3.19. The molecule has 38 valence electrons. The van der Waals surface area contributed by atoms with Crippen molar-refractivity contribution in [3.8, 4) is 0 Å². The van der Waals surface area contributed by atoms with E-state index in [-0.39, 0.29) is 6.04 Å². The summed E-state index contributed by atoms with van der Waals surface area (Å²) in [6.45, 7) is 0. The topological polar surface area (TPSA) is 17.8 Å². The highest BCUT2D eigenvalue weighted by Crippen LogP contribution is 2.01. The fourth-order valence-electron chi connectivity index (χ4n) is 0.313. The number of hydrogen-bond acceptors (Lipinski definition) is 1. The van der Waals surface area contributed by atoms with E-state index < -0.39 is 0 Å². The molecule has 0 aliphatic heterocycles. The first-order valence-corrected chi connectivity index (χ1v) is 2.23. The molecule has 0 fully saturated rings. The van der Waals surface area contributed by atoms with Crippen LogP contribution in [-0.2, 0) is 7.05 Å². The molecule has 0 aliphatic rings. The van der Waals surface area contributed by atoms with Gasteiger partial charge in [-0.05, 0) is 6.04 Å². The van der Waals surface area contributed by atoms with Crippen LogP contribution in [0.5, 0.6) is 0 Å². The first-order valence-electron chi connectivity index (χ1n) is 2.36. The molecule has 1 heterocycles. The standard InChI is InChI=1S/C4H5ClN2/c1-7-4(5)2-3-6-7/h2-3H,1H3/i2D. The summed E-state index contributed by atoms with van der Waals surface area (Å²) in [6.07, 6.45) is 1.41. The van der Waals surface area contributed by atoms with Crippen molar-refractivity contribution in [1.82, 2.24) is 9.78 Å². The van der Waals surface area contributed by atoms with Crippen LogP contribution < -0.4 is 0 Å². The molecule has 0 saturated carbocycles. The van der Waals surface area contributed by atoms with Gasteiger partial charge in [-0.2, -0.15) is 5.10 Å². The number of nitrogens with zero attached hydrogens (tertiary/aromatic N) is 2. The lowest BCUT2D eigenvalue weighted by atomic mass is 10.7. The van der Waals surface area contributed by atoms with Crippen molar-refractivity contribution in [2.75, 3.05) is 0 Å². The van der Waals surface area contributed by atoms with Crippen LogP contribution in [0.2, 0.25) is 5.15 Å². The Morgan fingerprint density at radius 1 is 2.14 bits per heavy atom. The van der Waals surface area contributed by atoms with Crippen molar-refractivity contribution < 1.29 is 1.37 Å². The molecule has 0 N–H and O–H groups in total. The summed E-state index contributed by atoms with van der Waals surface area (Å²) in [4.78, 5) is 0. The molecule has 1 rings (SSSR count). The zero-order valence-electron chi connectivity index (χ0n) is 4.85. The van der Waals surface area contributed by atoms with E-state index in [0.29, 0.717) is 5.15 Å². The number of rotatable bonds is 0. The minimum atomic E-state index is 0.272. The Labute approximate surface area is 48.1 Å². The van der Waals surface area contributed by atoms with Crippen LogP contribution in [0.3, 0.4) is 0 Å². The summed E-state index contributed by atoms with van der Waals surface area (Å²) in [5.41, 5.74) is 0. The lowest BCUT2D eigenvalue weighted by molar-refractivity contribution is 0.768. The molecule has 0 atom stereocenters. The summed E-state index contributed by atoms with van der Waals surface area (Å²) in [5.74, 6) is 0. The molecule has 0 amide bonds. The Morgan fingerprint density at radius 2 is 2.86 bits per heavy atom. The molecule has 1 aromatic heterocycles. The molecule has 7 heavy (non-hydrogen) atoms. The largest absolute Gasteiger partial charge is 0.257 e. The van der Waals surface area contributed by atoms with Gasteiger partial charge < -0.3 is 0 Å². The van der Waals surface area contributed by atoms with Crippen molar-refractivity contribution in [1.29, 1.82) is 0 Å². The van der Waals surface area contributed by atoms with Crippen LogP contribution in [-0.4, -0.2) is 9.78 Å².